The van der Waals surface area contributed by atoms with Crippen LogP contribution >= 0.6 is 0 Å². The summed E-state index contributed by atoms with van der Waals surface area (Å²) >= 11 is 0. The van der Waals surface area contributed by atoms with Gasteiger partial charge in [-0.1, -0.05) is 32.6 Å². The van der Waals surface area contributed by atoms with Crippen LogP contribution in [0.1, 0.15) is 52.4 Å². The third kappa shape index (κ3) is 5.36. The van der Waals surface area contributed by atoms with Crippen LogP contribution in [0.15, 0.2) is 0 Å². The summed E-state index contributed by atoms with van der Waals surface area (Å²) in [5.41, 5.74) is 0. The minimum Gasteiger partial charge on any atom is -0.394 e. The zero-order valence-corrected chi connectivity index (χ0v) is 11.7. The molecule has 0 radical (unpaired) electrons. The number of hydrogen-bond donors (Lipinski definition) is 1. The summed E-state index contributed by atoms with van der Waals surface area (Å²) in [5, 5.41) is 9.12. The van der Waals surface area contributed by atoms with Crippen LogP contribution < -0.4 is 0 Å². The van der Waals surface area contributed by atoms with Crippen LogP contribution in [0.25, 0.3) is 0 Å². The second kappa shape index (κ2) is 8.48. The predicted octanol–water partition coefficient (Wildman–Crippen LogP) is 1.96. The average Bonchev–Trinajstić information content (AvgIpc) is 2.37. The molecule has 1 fully saturated rings. The van der Waals surface area contributed by atoms with Crippen molar-refractivity contribution < 1.29 is 14.6 Å². The SMILES string of the molecule is CCCCCCCC(=O)N1CC(C)OC(CO)C1. The highest BCUT2D eigenvalue weighted by molar-refractivity contribution is 5.76. The van der Waals surface area contributed by atoms with Crippen LogP contribution in [0.5, 0.6) is 0 Å². The van der Waals surface area contributed by atoms with E-state index in [0.29, 0.717) is 19.5 Å². The van der Waals surface area contributed by atoms with E-state index in [2.05, 4.69) is 6.92 Å². The van der Waals surface area contributed by atoms with Crippen molar-refractivity contribution in [3.8, 4) is 0 Å². The lowest BCUT2D eigenvalue weighted by atomic mass is 10.1. The van der Waals surface area contributed by atoms with Gasteiger partial charge in [-0.25, -0.2) is 0 Å². The van der Waals surface area contributed by atoms with Gasteiger partial charge in [0.2, 0.25) is 5.91 Å². The quantitative estimate of drug-likeness (QED) is 0.709. The number of morpholine rings is 1. The van der Waals surface area contributed by atoms with Crippen LogP contribution in [0, 0.1) is 0 Å². The first-order chi connectivity index (χ1) is 8.67. The van der Waals surface area contributed by atoms with Gasteiger partial charge in [-0.2, -0.15) is 0 Å². The number of ether oxygens (including phenoxy) is 1. The molecule has 1 rings (SSSR count). The molecule has 106 valence electrons. The van der Waals surface area contributed by atoms with Crippen molar-refractivity contribution in [2.75, 3.05) is 19.7 Å². The average molecular weight is 257 g/mol. The van der Waals surface area contributed by atoms with E-state index >= 15 is 0 Å². The lowest BCUT2D eigenvalue weighted by Crippen LogP contribution is -2.50. The van der Waals surface area contributed by atoms with E-state index < -0.39 is 0 Å². The molecule has 1 N–H and O–H groups in total. The Morgan fingerprint density at radius 2 is 2.00 bits per heavy atom. The highest BCUT2D eigenvalue weighted by Crippen LogP contribution is 2.13. The molecule has 0 aromatic carbocycles. The Balaban J connectivity index is 2.23. The number of unbranched alkanes of at least 4 members (excludes halogenated alkanes) is 4. The smallest absolute Gasteiger partial charge is 0.222 e. The van der Waals surface area contributed by atoms with Gasteiger partial charge in [0.1, 0.15) is 0 Å². The summed E-state index contributed by atoms with van der Waals surface area (Å²) in [5.74, 6) is 0.208. The Labute approximate surface area is 110 Å². The predicted molar refractivity (Wildman–Crippen MR) is 71.4 cm³/mol. The molecular formula is C14H27NO3. The summed E-state index contributed by atoms with van der Waals surface area (Å²) in [6.07, 6.45) is 6.29. The minimum absolute atomic E-state index is 0.00931. The molecule has 1 amide bonds. The van der Waals surface area contributed by atoms with Gasteiger partial charge >= 0.3 is 0 Å². The van der Waals surface area contributed by atoms with E-state index in [1.54, 1.807) is 0 Å². The Kier molecular flexibility index (Phi) is 7.28. The number of carbonyl (C=O) groups excluding carboxylic acids is 1. The normalized spacial score (nSPS) is 24.3. The van der Waals surface area contributed by atoms with E-state index in [0.717, 1.165) is 12.8 Å². The highest BCUT2D eigenvalue weighted by Gasteiger charge is 2.27. The maximum Gasteiger partial charge on any atom is 0.222 e. The van der Waals surface area contributed by atoms with Gasteiger partial charge in [-0.15, -0.1) is 0 Å². The number of nitrogens with zero attached hydrogens (tertiary/aromatic N) is 1. The number of aliphatic hydroxyl groups is 1. The molecule has 4 heteroatoms. The monoisotopic (exact) mass is 257 g/mol. The second-order valence-electron chi connectivity index (χ2n) is 5.21. The first-order valence-electron chi connectivity index (χ1n) is 7.21. The summed E-state index contributed by atoms with van der Waals surface area (Å²) in [7, 11) is 0. The molecule has 2 unspecified atom stereocenters. The molecule has 18 heavy (non-hydrogen) atoms. The van der Waals surface area contributed by atoms with Crippen LogP contribution in [0.2, 0.25) is 0 Å². The van der Waals surface area contributed by atoms with Crippen molar-refractivity contribution in [3.05, 3.63) is 0 Å². The van der Waals surface area contributed by atoms with Gasteiger partial charge < -0.3 is 14.7 Å². The fourth-order valence-corrected chi connectivity index (χ4v) is 2.39. The summed E-state index contributed by atoms with van der Waals surface area (Å²) < 4.78 is 5.53. The van der Waals surface area contributed by atoms with Crippen LogP contribution in [0.3, 0.4) is 0 Å². The summed E-state index contributed by atoms with van der Waals surface area (Å²) in [6.45, 7) is 5.32. The summed E-state index contributed by atoms with van der Waals surface area (Å²) in [6, 6.07) is 0. The molecule has 2 atom stereocenters. The molecule has 4 nitrogen and oxygen atoms in total. The van der Waals surface area contributed by atoms with Gasteiger partial charge in [0, 0.05) is 19.5 Å². The van der Waals surface area contributed by atoms with E-state index in [1.807, 2.05) is 11.8 Å². The molecule has 0 bridgehead atoms. The molecule has 0 aliphatic carbocycles. The van der Waals surface area contributed by atoms with E-state index in [9.17, 15) is 4.79 Å². The van der Waals surface area contributed by atoms with Crippen molar-refractivity contribution in [2.24, 2.45) is 0 Å². The number of carbonyl (C=O) groups is 1. The van der Waals surface area contributed by atoms with Crippen LogP contribution in [0.4, 0.5) is 0 Å². The van der Waals surface area contributed by atoms with Crippen LogP contribution in [-0.2, 0) is 9.53 Å². The molecule has 1 saturated heterocycles. The van der Waals surface area contributed by atoms with E-state index in [4.69, 9.17) is 9.84 Å². The fraction of sp³-hybridized carbons (Fsp3) is 0.929. The molecule has 0 spiro atoms. The van der Waals surface area contributed by atoms with Crippen molar-refractivity contribution >= 4 is 5.91 Å². The maximum atomic E-state index is 12.0. The minimum atomic E-state index is -0.210. The molecule has 0 aromatic heterocycles. The summed E-state index contributed by atoms with van der Waals surface area (Å²) in [4.78, 5) is 13.9. The molecule has 1 aliphatic rings. The van der Waals surface area contributed by atoms with Crippen molar-refractivity contribution in [2.45, 2.75) is 64.6 Å². The van der Waals surface area contributed by atoms with E-state index in [1.165, 1.54) is 19.3 Å². The van der Waals surface area contributed by atoms with Crippen molar-refractivity contribution in [1.82, 2.24) is 4.90 Å². The zero-order chi connectivity index (χ0) is 13.4. The number of amides is 1. The number of aliphatic hydroxyl groups excluding tert-OH is 1. The largest absolute Gasteiger partial charge is 0.394 e. The zero-order valence-electron chi connectivity index (χ0n) is 11.7. The van der Waals surface area contributed by atoms with Crippen molar-refractivity contribution in [1.29, 1.82) is 0 Å². The topological polar surface area (TPSA) is 49.8 Å². The molecule has 1 heterocycles. The van der Waals surface area contributed by atoms with Gasteiger partial charge in [-0.3, -0.25) is 4.79 Å². The maximum absolute atomic E-state index is 12.0. The standard InChI is InChI=1S/C14H27NO3/c1-3-4-5-6-7-8-14(17)15-9-12(2)18-13(10-15)11-16/h12-13,16H,3-11H2,1-2H3. The Hall–Kier alpha value is -0.610. The first-order valence-corrected chi connectivity index (χ1v) is 7.21. The fourth-order valence-electron chi connectivity index (χ4n) is 2.39. The Morgan fingerprint density at radius 1 is 1.28 bits per heavy atom. The van der Waals surface area contributed by atoms with Gasteiger partial charge in [0.15, 0.2) is 0 Å². The second-order valence-corrected chi connectivity index (χ2v) is 5.21. The van der Waals surface area contributed by atoms with Gasteiger partial charge in [-0.05, 0) is 13.3 Å². The third-order valence-corrected chi connectivity index (χ3v) is 3.38. The molecule has 0 saturated carbocycles. The number of rotatable bonds is 7. The molecule has 1 aliphatic heterocycles. The number of hydrogen-bond acceptors (Lipinski definition) is 3. The lowest BCUT2D eigenvalue weighted by molar-refractivity contribution is -0.147. The van der Waals surface area contributed by atoms with Gasteiger partial charge in [0.05, 0.1) is 18.8 Å². The van der Waals surface area contributed by atoms with Gasteiger partial charge in [0.25, 0.3) is 0 Å². The Bertz CT molecular complexity index is 245. The van der Waals surface area contributed by atoms with Crippen molar-refractivity contribution in [3.63, 3.8) is 0 Å². The molecule has 0 aromatic rings. The molecular weight excluding hydrogens is 230 g/mol. The van der Waals surface area contributed by atoms with Crippen LogP contribution in [-0.4, -0.2) is 47.8 Å². The third-order valence-electron chi connectivity index (χ3n) is 3.38. The lowest BCUT2D eigenvalue weighted by Gasteiger charge is -2.36. The first kappa shape index (κ1) is 15.4. The highest BCUT2D eigenvalue weighted by atomic mass is 16.5. The van der Waals surface area contributed by atoms with E-state index in [-0.39, 0.29) is 24.7 Å². The Morgan fingerprint density at radius 3 is 2.67 bits per heavy atom.